The highest BCUT2D eigenvalue weighted by molar-refractivity contribution is 6.66. The number of ether oxygens (including phenoxy) is 1. The quantitative estimate of drug-likeness (QED) is 0.650. The van der Waals surface area contributed by atoms with E-state index in [0.717, 1.165) is 22.6 Å². The van der Waals surface area contributed by atoms with Crippen LogP contribution in [-0.4, -0.2) is 11.3 Å². The van der Waals surface area contributed by atoms with Crippen molar-refractivity contribution in [3.63, 3.8) is 0 Å². The first-order valence-corrected chi connectivity index (χ1v) is 6.31. The van der Waals surface area contributed by atoms with Crippen molar-refractivity contribution in [3.8, 4) is 0 Å². The van der Waals surface area contributed by atoms with Crippen molar-refractivity contribution in [1.82, 2.24) is 0 Å². The lowest BCUT2D eigenvalue weighted by molar-refractivity contribution is 0.209. The molecule has 4 rings (SSSR count). The van der Waals surface area contributed by atoms with Gasteiger partial charge in [0.1, 0.15) is 17.0 Å². The van der Waals surface area contributed by atoms with Gasteiger partial charge in [-0.3, -0.25) is 0 Å². The van der Waals surface area contributed by atoms with Gasteiger partial charge in [-0.05, 0) is 6.08 Å². The van der Waals surface area contributed by atoms with Crippen LogP contribution in [0.15, 0.2) is 76.2 Å². The van der Waals surface area contributed by atoms with Crippen LogP contribution < -0.4 is 0 Å². The number of hydrogen-bond acceptors (Lipinski definition) is 2. The zero-order valence-corrected chi connectivity index (χ0v) is 10.3. The highest BCUT2D eigenvalue weighted by Crippen LogP contribution is 2.43. The minimum Gasteiger partial charge on any atom is -0.479 e. The van der Waals surface area contributed by atoms with Crippen molar-refractivity contribution in [2.45, 2.75) is 6.10 Å². The van der Waals surface area contributed by atoms with E-state index in [9.17, 15) is 0 Å². The normalized spacial score (nSPS) is 31.1. The van der Waals surface area contributed by atoms with Gasteiger partial charge < -0.3 is 4.74 Å². The summed E-state index contributed by atoms with van der Waals surface area (Å²) in [7, 11) is 0. The lowest BCUT2D eigenvalue weighted by Crippen LogP contribution is -2.17. The summed E-state index contributed by atoms with van der Waals surface area (Å²) in [4.78, 5) is 4.52. The third-order valence-corrected chi connectivity index (χ3v) is 3.80. The van der Waals surface area contributed by atoms with Crippen LogP contribution in [0.1, 0.15) is 0 Å². The van der Waals surface area contributed by atoms with Gasteiger partial charge in [-0.1, -0.05) is 54.1 Å². The molecule has 0 amide bonds. The fraction of sp³-hybridized carbons (Fsp3) is 0.133. The lowest BCUT2D eigenvalue weighted by atomic mass is 9.91. The average Bonchev–Trinajstić information content (AvgIpc) is 2.78. The first kappa shape index (κ1) is 10.2. The third kappa shape index (κ3) is 1.27. The number of aliphatic imine (C=N–C) groups is 1. The van der Waals surface area contributed by atoms with Crippen LogP contribution in [0.5, 0.6) is 0 Å². The van der Waals surface area contributed by atoms with Crippen LogP contribution in [0.4, 0.5) is 0 Å². The zero-order chi connectivity index (χ0) is 12.1. The Hall–Kier alpha value is -1.80. The first-order chi connectivity index (χ1) is 8.84. The molecule has 0 aromatic rings. The van der Waals surface area contributed by atoms with E-state index >= 15 is 0 Å². The summed E-state index contributed by atoms with van der Waals surface area (Å²) in [5, 5.41) is 0.615. The smallest absolute Gasteiger partial charge is 0.151 e. The second-order valence-electron chi connectivity index (χ2n) is 4.53. The predicted molar refractivity (Wildman–Crippen MR) is 72.3 cm³/mol. The van der Waals surface area contributed by atoms with Crippen LogP contribution in [-0.2, 0) is 4.74 Å². The van der Waals surface area contributed by atoms with E-state index < -0.39 is 0 Å². The van der Waals surface area contributed by atoms with E-state index in [2.05, 4.69) is 11.1 Å². The fourth-order valence-corrected chi connectivity index (χ4v) is 2.89. The Morgan fingerprint density at radius 2 is 1.78 bits per heavy atom. The topological polar surface area (TPSA) is 21.6 Å². The Labute approximate surface area is 110 Å². The van der Waals surface area contributed by atoms with Gasteiger partial charge in [0.05, 0.1) is 5.92 Å². The molecule has 0 spiro atoms. The third-order valence-electron chi connectivity index (χ3n) is 3.48. The minimum atomic E-state index is -0.0150. The molecule has 0 aromatic carbocycles. The molecule has 4 aliphatic rings. The molecule has 0 bridgehead atoms. The molecule has 0 saturated carbocycles. The van der Waals surface area contributed by atoms with Crippen molar-refractivity contribution < 1.29 is 4.74 Å². The molecule has 3 heteroatoms. The molecule has 0 radical (unpaired) electrons. The molecule has 18 heavy (non-hydrogen) atoms. The number of nitrogens with zero attached hydrogens (tertiary/aromatic N) is 1. The maximum Gasteiger partial charge on any atom is 0.151 e. The van der Waals surface area contributed by atoms with E-state index in [4.69, 9.17) is 16.3 Å². The molecule has 2 heterocycles. The lowest BCUT2D eigenvalue weighted by Gasteiger charge is -2.22. The van der Waals surface area contributed by atoms with Crippen molar-refractivity contribution in [3.05, 3.63) is 71.2 Å². The Balaban J connectivity index is 1.95. The summed E-state index contributed by atoms with van der Waals surface area (Å²) in [6.07, 6.45) is 16.2. The molecule has 2 aliphatic heterocycles. The molecule has 2 atom stereocenters. The Kier molecular flexibility index (Phi) is 2.03. The van der Waals surface area contributed by atoms with E-state index in [1.165, 1.54) is 0 Å². The molecular formula is C15H10ClNO. The molecule has 2 unspecified atom stereocenters. The number of halogens is 1. The molecule has 88 valence electrons. The van der Waals surface area contributed by atoms with Crippen LogP contribution in [0.25, 0.3) is 0 Å². The highest BCUT2D eigenvalue weighted by atomic mass is 35.5. The summed E-state index contributed by atoms with van der Waals surface area (Å²) in [5.74, 6) is 0.922. The van der Waals surface area contributed by atoms with Gasteiger partial charge in [0.25, 0.3) is 0 Å². The van der Waals surface area contributed by atoms with E-state index in [-0.39, 0.29) is 12.0 Å². The summed E-state index contributed by atoms with van der Waals surface area (Å²) >= 11 is 6.29. The number of allylic oxidation sites excluding steroid dienone is 7. The van der Waals surface area contributed by atoms with E-state index in [1.807, 2.05) is 42.5 Å². The second kappa shape index (κ2) is 3.59. The van der Waals surface area contributed by atoms with Gasteiger partial charge in [-0.15, -0.1) is 0 Å². The maximum absolute atomic E-state index is 6.29. The van der Waals surface area contributed by atoms with Crippen LogP contribution in [0.2, 0.25) is 0 Å². The Bertz CT molecular complexity index is 643. The number of dihydropyridines is 1. The molecule has 0 aromatic heterocycles. The van der Waals surface area contributed by atoms with Crippen LogP contribution in [0, 0.1) is 5.92 Å². The minimum absolute atomic E-state index is 0.0150. The predicted octanol–water partition coefficient (Wildman–Crippen LogP) is 3.41. The highest BCUT2D eigenvalue weighted by Gasteiger charge is 2.36. The number of hydrogen-bond donors (Lipinski definition) is 0. The average molecular weight is 256 g/mol. The SMILES string of the molecule is ClC1=NC2=C3C=CC=CC3OC2=C2C=CC=CC12. The Morgan fingerprint density at radius 3 is 2.67 bits per heavy atom. The molecule has 0 fully saturated rings. The van der Waals surface area contributed by atoms with Gasteiger partial charge in [0, 0.05) is 11.1 Å². The summed E-state index contributed by atoms with van der Waals surface area (Å²) in [5.41, 5.74) is 3.09. The zero-order valence-electron chi connectivity index (χ0n) is 9.51. The fourth-order valence-electron chi connectivity index (χ4n) is 2.62. The van der Waals surface area contributed by atoms with E-state index in [0.29, 0.717) is 5.17 Å². The summed E-state index contributed by atoms with van der Waals surface area (Å²) in [6, 6.07) is 0. The molecule has 2 aliphatic carbocycles. The molecule has 0 saturated heterocycles. The van der Waals surface area contributed by atoms with Crippen molar-refractivity contribution in [2.75, 3.05) is 0 Å². The van der Waals surface area contributed by atoms with Gasteiger partial charge in [-0.25, -0.2) is 4.99 Å². The number of rotatable bonds is 0. The monoisotopic (exact) mass is 255 g/mol. The van der Waals surface area contributed by atoms with Crippen molar-refractivity contribution >= 4 is 16.8 Å². The largest absolute Gasteiger partial charge is 0.479 e. The molecular weight excluding hydrogens is 246 g/mol. The van der Waals surface area contributed by atoms with E-state index in [1.54, 1.807) is 0 Å². The van der Waals surface area contributed by atoms with Crippen LogP contribution >= 0.6 is 11.6 Å². The van der Waals surface area contributed by atoms with Crippen LogP contribution in [0.3, 0.4) is 0 Å². The summed E-state index contributed by atoms with van der Waals surface area (Å²) < 4.78 is 6.00. The van der Waals surface area contributed by atoms with Crippen molar-refractivity contribution in [2.24, 2.45) is 10.9 Å². The molecule has 2 nitrogen and oxygen atoms in total. The van der Waals surface area contributed by atoms with Gasteiger partial charge in [-0.2, -0.15) is 0 Å². The second-order valence-corrected chi connectivity index (χ2v) is 4.91. The summed E-state index contributed by atoms with van der Waals surface area (Å²) in [6.45, 7) is 0. The first-order valence-electron chi connectivity index (χ1n) is 5.94. The van der Waals surface area contributed by atoms with Gasteiger partial charge in [0.15, 0.2) is 5.76 Å². The maximum atomic E-state index is 6.29. The van der Waals surface area contributed by atoms with Gasteiger partial charge in [0.2, 0.25) is 0 Å². The van der Waals surface area contributed by atoms with Gasteiger partial charge >= 0.3 is 0 Å². The van der Waals surface area contributed by atoms with Crippen molar-refractivity contribution in [1.29, 1.82) is 0 Å². The number of fused-ring (bicyclic) bond motifs is 3. The molecule has 0 N–H and O–H groups in total. The standard InChI is InChI=1S/C15H10ClNO/c16-15-10-6-2-1-5-9(10)14-13(17-15)11-7-3-4-8-12(11)18-14/h1-8,10,12H. The Morgan fingerprint density at radius 1 is 1.00 bits per heavy atom.